The van der Waals surface area contributed by atoms with Crippen molar-refractivity contribution < 1.29 is 14.7 Å². The summed E-state index contributed by atoms with van der Waals surface area (Å²) in [6.45, 7) is 2.21. The SMILES string of the molecule is Cc1c(N)cccc1C(=O)N1C[C@H](O)C[C@H]1C(=O)NCc1ccc(Cl)cc1. The molecule has 142 valence electrons. The monoisotopic (exact) mass is 387 g/mol. The normalized spacial score (nSPS) is 19.1. The molecule has 2 aromatic rings. The molecule has 1 fully saturated rings. The van der Waals surface area contributed by atoms with E-state index in [-0.39, 0.29) is 24.8 Å². The van der Waals surface area contributed by atoms with Crippen molar-refractivity contribution in [3.63, 3.8) is 0 Å². The second-order valence-electron chi connectivity index (χ2n) is 6.73. The fraction of sp³-hybridized carbons (Fsp3) is 0.300. The van der Waals surface area contributed by atoms with Gasteiger partial charge in [0, 0.05) is 35.8 Å². The van der Waals surface area contributed by atoms with Gasteiger partial charge in [0.1, 0.15) is 6.04 Å². The van der Waals surface area contributed by atoms with Gasteiger partial charge in [-0.15, -0.1) is 0 Å². The van der Waals surface area contributed by atoms with Crippen LogP contribution in [-0.4, -0.2) is 40.5 Å². The molecule has 0 aromatic heterocycles. The van der Waals surface area contributed by atoms with Crippen LogP contribution in [0.3, 0.4) is 0 Å². The zero-order chi connectivity index (χ0) is 19.6. The van der Waals surface area contributed by atoms with Gasteiger partial charge >= 0.3 is 0 Å². The van der Waals surface area contributed by atoms with Crippen LogP contribution in [0, 0.1) is 6.92 Å². The fourth-order valence-corrected chi connectivity index (χ4v) is 3.36. The van der Waals surface area contributed by atoms with Crippen LogP contribution in [0.1, 0.15) is 27.9 Å². The summed E-state index contributed by atoms with van der Waals surface area (Å²) < 4.78 is 0. The number of hydrogen-bond donors (Lipinski definition) is 3. The van der Waals surface area contributed by atoms with E-state index in [1.165, 1.54) is 4.90 Å². The maximum absolute atomic E-state index is 13.0. The number of likely N-dealkylation sites (tertiary alicyclic amines) is 1. The molecule has 0 bridgehead atoms. The lowest BCUT2D eigenvalue weighted by atomic mass is 10.1. The molecule has 2 aromatic carbocycles. The van der Waals surface area contributed by atoms with Crippen LogP contribution < -0.4 is 11.1 Å². The summed E-state index contributed by atoms with van der Waals surface area (Å²) in [5.41, 5.74) is 8.42. The standard InChI is InChI=1S/C20H22ClN3O3/c1-12-16(3-2-4-17(12)22)20(27)24-11-15(25)9-18(24)19(26)23-10-13-5-7-14(21)8-6-13/h2-8,15,18,25H,9-11,22H2,1H3,(H,23,26)/t15-,18+/m1/s1. The number of nitrogens with two attached hydrogens (primary N) is 1. The Morgan fingerprint density at radius 2 is 1.96 bits per heavy atom. The first kappa shape index (κ1) is 19.2. The first-order chi connectivity index (χ1) is 12.9. The minimum atomic E-state index is -0.735. The Morgan fingerprint density at radius 3 is 2.67 bits per heavy atom. The molecule has 6 nitrogen and oxygen atoms in total. The molecule has 4 N–H and O–H groups in total. The molecule has 0 aliphatic carbocycles. The van der Waals surface area contributed by atoms with Crippen molar-refractivity contribution in [2.24, 2.45) is 0 Å². The van der Waals surface area contributed by atoms with E-state index >= 15 is 0 Å². The van der Waals surface area contributed by atoms with Gasteiger partial charge in [0.25, 0.3) is 5.91 Å². The lowest BCUT2D eigenvalue weighted by Crippen LogP contribution is -2.46. The molecular formula is C20H22ClN3O3. The molecule has 1 aliphatic heterocycles. The number of hydrogen-bond acceptors (Lipinski definition) is 4. The number of carbonyl (C=O) groups is 2. The predicted molar refractivity (Wildman–Crippen MR) is 104 cm³/mol. The fourth-order valence-electron chi connectivity index (χ4n) is 3.24. The topological polar surface area (TPSA) is 95.7 Å². The summed E-state index contributed by atoms with van der Waals surface area (Å²) >= 11 is 5.86. The Kier molecular flexibility index (Phi) is 5.68. The van der Waals surface area contributed by atoms with E-state index in [1.807, 2.05) is 12.1 Å². The molecule has 1 aliphatic rings. The van der Waals surface area contributed by atoms with Gasteiger partial charge in [-0.05, 0) is 42.3 Å². The quantitative estimate of drug-likeness (QED) is 0.700. The highest BCUT2D eigenvalue weighted by molar-refractivity contribution is 6.30. The molecule has 27 heavy (non-hydrogen) atoms. The highest BCUT2D eigenvalue weighted by Gasteiger charge is 2.39. The average molecular weight is 388 g/mol. The second-order valence-corrected chi connectivity index (χ2v) is 7.16. The first-order valence-electron chi connectivity index (χ1n) is 8.73. The number of halogens is 1. The number of rotatable bonds is 4. The Bertz CT molecular complexity index is 854. The number of nitrogens with zero attached hydrogens (tertiary/aromatic N) is 1. The molecule has 0 unspecified atom stereocenters. The van der Waals surface area contributed by atoms with Gasteiger partial charge in [-0.2, -0.15) is 0 Å². The van der Waals surface area contributed by atoms with E-state index in [0.29, 0.717) is 28.4 Å². The summed E-state index contributed by atoms with van der Waals surface area (Å²) in [6.07, 6.45) is -0.527. The Balaban J connectivity index is 1.73. The third kappa shape index (κ3) is 4.23. The molecule has 1 heterocycles. The molecule has 2 atom stereocenters. The van der Waals surface area contributed by atoms with Gasteiger partial charge in [-0.3, -0.25) is 9.59 Å². The molecule has 2 amide bonds. The summed E-state index contributed by atoms with van der Waals surface area (Å²) in [5.74, 6) is -0.598. The van der Waals surface area contributed by atoms with E-state index in [1.54, 1.807) is 37.3 Å². The van der Waals surface area contributed by atoms with Crippen molar-refractivity contribution in [3.8, 4) is 0 Å². The Labute approximate surface area is 162 Å². The highest BCUT2D eigenvalue weighted by Crippen LogP contribution is 2.24. The van der Waals surface area contributed by atoms with Crippen LogP contribution in [0.2, 0.25) is 5.02 Å². The van der Waals surface area contributed by atoms with E-state index < -0.39 is 12.1 Å². The van der Waals surface area contributed by atoms with Crippen LogP contribution in [0.5, 0.6) is 0 Å². The number of aliphatic hydroxyl groups is 1. The summed E-state index contributed by atoms with van der Waals surface area (Å²) in [4.78, 5) is 27.0. The number of nitrogen functional groups attached to an aromatic ring is 1. The average Bonchev–Trinajstić information content (AvgIpc) is 3.04. The molecule has 0 radical (unpaired) electrons. The molecule has 0 saturated carbocycles. The number of aliphatic hydroxyl groups excluding tert-OH is 1. The molecular weight excluding hydrogens is 366 g/mol. The van der Waals surface area contributed by atoms with Gasteiger partial charge in [0.2, 0.25) is 5.91 Å². The number of anilines is 1. The number of nitrogens with one attached hydrogen (secondary N) is 1. The van der Waals surface area contributed by atoms with Crippen LogP contribution >= 0.6 is 11.6 Å². The van der Waals surface area contributed by atoms with Crippen molar-refractivity contribution in [2.45, 2.75) is 32.0 Å². The van der Waals surface area contributed by atoms with E-state index in [4.69, 9.17) is 17.3 Å². The van der Waals surface area contributed by atoms with Crippen LogP contribution in [-0.2, 0) is 11.3 Å². The minimum absolute atomic E-state index is 0.117. The number of carbonyl (C=O) groups excluding carboxylic acids is 2. The summed E-state index contributed by atoms with van der Waals surface area (Å²) in [5, 5.41) is 13.5. The van der Waals surface area contributed by atoms with Crippen molar-refractivity contribution in [1.29, 1.82) is 0 Å². The largest absolute Gasteiger partial charge is 0.398 e. The maximum Gasteiger partial charge on any atom is 0.254 e. The van der Waals surface area contributed by atoms with Crippen molar-refractivity contribution in [3.05, 3.63) is 64.2 Å². The smallest absolute Gasteiger partial charge is 0.254 e. The maximum atomic E-state index is 13.0. The molecule has 3 rings (SSSR count). The molecule has 1 saturated heterocycles. The summed E-state index contributed by atoms with van der Waals surface area (Å²) in [7, 11) is 0. The zero-order valence-electron chi connectivity index (χ0n) is 15.0. The van der Waals surface area contributed by atoms with Gasteiger partial charge in [-0.1, -0.05) is 29.8 Å². The van der Waals surface area contributed by atoms with E-state index in [2.05, 4.69) is 5.32 Å². The molecule has 7 heteroatoms. The van der Waals surface area contributed by atoms with E-state index in [0.717, 1.165) is 5.56 Å². The van der Waals surface area contributed by atoms with Crippen molar-refractivity contribution >= 4 is 29.1 Å². The van der Waals surface area contributed by atoms with Crippen molar-refractivity contribution in [2.75, 3.05) is 12.3 Å². The third-order valence-electron chi connectivity index (χ3n) is 4.83. The van der Waals surface area contributed by atoms with Gasteiger partial charge in [-0.25, -0.2) is 0 Å². The van der Waals surface area contributed by atoms with Crippen molar-refractivity contribution in [1.82, 2.24) is 10.2 Å². The minimum Gasteiger partial charge on any atom is -0.398 e. The Morgan fingerprint density at radius 1 is 1.26 bits per heavy atom. The first-order valence-corrected chi connectivity index (χ1v) is 9.11. The van der Waals surface area contributed by atoms with Gasteiger partial charge < -0.3 is 21.1 Å². The lowest BCUT2D eigenvalue weighted by Gasteiger charge is -2.24. The third-order valence-corrected chi connectivity index (χ3v) is 5.08. The van der Waals surface area contributed by atoms with Crippen LogP contribution in [0.15, 0.2) is 42.5 Å². The van der Waals surface area contributed by atoms with Gasteiger partial charge in [0.05, 0.1) is 6.10 Å². The van der Waals surface area contributed by atoms with Crippen LogP contribution in [0.25, 0.3) is 0 Å². The zero-order valence-corrected chi connectivity index (χ0v) is 15.7. The molecule has 0 spiro atoms. The van der Waals surface area contributed by atoms with Crippen LogP contribution in [0.4, 0.5) is 5.69 Å². The second kappa shape index (κ2) is 7.98. The number of amides is 2. The van der Waals surface area contributed by atoms with Gasteiger partial charge in [0.15, 0.2) is 0 Å². The number of β-amino-alcohol motifs (C(OH)–C–C–N with tert-alkyl or cyclic N) is 1. The van der Waals surface area contributed by atoms with E-state index in [9.17, 15) is 14.7 Å². The summed E-state index contributed by atoms with van der Waals surface area (Å²) in [6, 6.07) is 11.5. The lowest BCUT2D eigenvalue weighted by molar-refractivity contribution is -0.125. The highest BCUT2D eigenvalue weighted by atomic mass is 35.5. The number of benzene rings is 2. The predicted octanol–water partition coefficient (Wildman–Crippen LogP) is 2.12. The Hall–Kier alpha value is -2.57.